The highest BCUT2D eigenvalue weighted by molar-refractivity contribution is 7.15. The Balaban J connectivity index is 2.73. The lowest BCUT2D eigenvalue weighted by Crippen LogP contribution is -1.88. The van der Waals surface area contributed by atoms with Gasteiger partial charge in [-0.25, -0.2) is 4.98 Å². The van der Waals surface area contributed by atoms with Crippen LogP contribution in [-0.4, -0.2) is 11.4 Å². The predicted octanol–water partition coefficient (Wildman–Crippen LogP) is 1.83. The molecular weight excluding hydrogens is 160 g/mol. The zero-order valence-electron chi connectivity index (χ0n) is 6.50. The van der Waals surface area contributed by atoms with Crippen LogP contribution in [0.4, 0.5) is 5.00 Å². The van der Waals surface area contributed by atoms with Crippen molar-refractivity contribution in [2.24, 2.45) is 0 Å². The van der Waals surface area contributed by atoms with Crippen LogP contribution in [0.3, 0.4) is 0 Å². The fourth-order valence-electron chi connectivity index (χ4n) is 0.679. The first kappa shape index (κ1) is 8.20. The molecule has 4 heteroatoms. The van der Waals surface area contributed by atoms with Crippen LogP contribution < -0.4 is 5.32 Å². The summed E-state index contributed by atoms with van der Waals surface area (Å²) in [5.74, 6) is 0.433. The smallest absolute Gasteiger partial charge is 0.212 e. The molecule has 0 saturated heterocycles. The van der Waals surface area contributed by atoms with Crippen molar-refractivity contribution in [2.45, 2.75) is 19.8 Å². The maximum absolute atomic E-state index is 10.0. The van der Waals surface area contributed by atoms with E-state index in [2.05, 4.69) is 24.1 Å². The van der Waals surface area contributed by atoms with E-state index in [1.807, 2.05) is 0 Å². The van der Waals surface area contributed by atoms with Gasteiger partial charge in [0.2, 0.25) is 6.41 Å². The maximum Gasteiger partial charge on any atom is 0.212 e. The molecular formula is C7H10N2OS. The van der Waals surface area contributed by atoms with Gasteiger partial charge in [0.05, 0.1) is 11.2 Å². The van der Waals surface area contributed by atoms with Gasteiger partial charge in [-0.3, -0.25) is 4.79 Å². The van der Waals surface area contributed by atoms with Crippen LogP contribution in [0.25, 0.3) is 0 Å². The lowest BCUT2D eigenvalue weighted by atomic mass is 10.2. The van der Waals surface area contributed by atoms with Crippen molar-refractivity contribution in [3.05, 3.63) is 11.2 Å². The highest BCUT2D eigenvalue weighted by Crippen LogP contribution is 2.24. The molecule has 0 aliphatic rings. The van der Waals surface area contributed by atoms with Gasteiger partial charge in [-0.05, 0) is 0 Å². The van der Waals surface area contributed by atoms with Crippen molar-refractivity contribution in [3.63, 3.8) is 0 Å². The summed E-state index contributed by atoms with van der Waals surface area (Å²) in [4.78, 5) is 14.2. The Bertz CT molecular complexity index is 244. The van der Waals surface area contributed by atoms with Crippen LogP contribution >= 0.6 is 11.3 Å². The molecule has 0 spiro atoms. The van der Waals surface area contributed by atoms with Crippen LogP contribution in [0.2, 0.25) is 0 Å². The number of anilines is 1. The highest BCUT2D eigenvalue weighted by Gasteiger charge is 2.03. The van der Waals surface area contributed by atoms with Crippen molar-refractivity contribution in [2.75, 3.05) is 5.32 Å². The molecule has 0 aliphatic carbocycles. The van der Waals surface area contributed by atoms with Gasteiger partial charge in [-0.15, -0.1) is 11.3 Å². The highest BCUT2D eigenvalue weighted by atomic mass is 32.1. The summed E-state index contributed by atoms with van der Waals surface area (Å²) in [7, 11) is 0. The molecule has 1 amide bonds. The van der Waals surface area contributed by atoms with E-state index >= 15 is 0 Å². The molecule has 1 aromatic rings. The molecule has 0 unspecified atom stereocenters. The number of thiazole rings is 1. The minimum absolute atomic E-state index is 0.433. The SMILES string of the molecule is CC(C)c1ncc(NC=O)s1. The molecule has 0 atom stereocenters. The quantitative estimate of drug-likeness (QED) is 0.703. The van der Waals surface area contributed by atoms with Crippen molar-refractivity contribution in [1.82, 2.24) is 4.98 Å². The number of aromatic nitrogens is 1. The van der Waals surface area contributed by atoms with Crippen LogP contribution in [0.15, 0.2) is 6.20 Å². The fraction of sp³-hybridized carbons (Fsp3) is 0.429. The van der Waals surface area contributed by atoms with Gasteiger partial charge in [0.1, 0.15) is 5.00 Å². The molecule has 60 valence electrons. The summed E-state index contributed by atoms with van der Waals surface area (Å²) in [6.07, 6.45) is 2.34. The van der Waals surface area contributed by atoms with Gasteiger partial charge in [-0.2, -0.15) is 0 Å². The second-order valence-electron chi connectivity index (χ2n) is 2.48. The Labute approximate surface area is 69.5 Å². The average Bonchev–Trinajstić information content (AvgIpc) is 2.37. The lowest BCUT2D eigenvalue weighted by molar-refractivity contribution is -0.105. The number of amides is 1. The van der Waals surface area contributed by atoms with Gasteiger partial charge in [0.25, 0.3) is 0 Å². The van der Waals surface area contributed by atoms with E-state index in [-0.39, 0.29) is 0 Å². The van der Waals surface area contributed by atoms with Gasteiger partial charge in [-0.1, -0.05) is 13.8 Å². The number of carbonyl (C=O) groups excluding carboxylic acids is 1. The lowest BCUT2D eigenvalue weighted by Gasteiger charge is -1.94. The van der Waals surface area contributed by atoms with Crippen molar-refractivity contribution in [1.29, 1.82) is 0 Å². The first-order chi connectivity index (χ1) is 5.24. The van der Waals surface area contributed by atoms with Crippen molar-refractivity contribution < 1.29 is 4.79 Å². The van der Waals surface area contributed by atoms with Gasteiger partial charge in [0, 0.05) is 5.92 Å². The fourth-order valence-corrected chi connectivity index (χ4v) is 1.46. The third-order valence-electron chi connectivity index (χ3n) is 1.22. The third kappa shape index (κ3) is 2.01. The molecule has 1 N–H and O–H groups in total. The molecule has 0 saturated carbocycles. The number of hydrogen-bond acceptors (Lipinski definition) is 3. The van der Waals surface area contributed by atoms with Gasteiger partial charge in [0.15, 0.2) is 0 Å². The molecule has 1 aromatic heterocycles. The Morgan fingerprint density at radius 1 is 1.73 bits per heavy atom. The maximum atomic E-state index is 10.0. The van der Waals surface area contributed by atoms with Gasteiger partial charge >= 0.3 is 0 Å². The van der Waals surface area contributed by atoms with E-state index in [9.17, 15) is 4.79 Å². The van der Waals surface area contributed by atoms with Crippen LogP contribution in [0, 0.1) is 0 Å². The van der Waals surface area contributed by atoms with E-state index in [0.717, 1.165) is 10.0 Å². The summed E-state index contributed by atoms with van der Waals surface area (Å²) in [5, 5.41) is 4.42. The normalized spacial score (nSPS) is 10.1. The minimum atomic E-state index is 0.433. The number of hydrogen-bond donors (Lipinski definition) is 1. The zero-order valence-corrected chi connectivity index (χ0v) is 7.31. The molecule has 1 heterocycles. The second kappa shape index (κ2) is 3.48. The van der Waals surface area contributed by atoms with Crippen LogP contribution in [0.5, 0.6) is 0 Å². The standard InChI is InChI=1S/C7H10N2OS/c1-5(2)7-8-3-6(11-7)9-4-10/h3-5H,1-2H3,(H,9,10). The number of rotatable bonds is 3. The minimum Gasteiger partial charge on any atom is -0.319 e. The Hall–Kier alpha value is -0.900. The summed E-state index contributed by atoms with van der Waals surface area (Å²) in [6, 6.07) is 0. The largest absolute Gasteiger partial charge is 0.319 e. The molecule has 0 aliphatic heterocycles. The molecule has 3 nitrogen and oxygen atoms in total. The summed E-state index contributed by atoms with van der Waals surface area (Å²) in [6.45, 7) is 4.15. The Morgan fingerprint density at radius 2 is 2.45 bits per heavy atom. The van der Waals surface area contributed by atoms with Gasteiger partial charge < -0.3 is 5.32 Å². The van der Waals surface area contributed by atoms with Crippen LogP contribution in [0.1, 0.15) is 24.8 Å². The van der Waals surface area contributed by atoms with E-state index in [1.54, 1.807) is 6.20 Å². The summed E-state index contributed by atoms with van der Waals surface area (Å²) in [5.41, 5.74) is 0. The topological polar surface area (TPSA) is 42.0 Å². The molecule has 11 heavy (non-hydrogen) atoms. The summed E-state index contributed by atoms with van der Waals surface area (Å²) < 4.78 is 0. The molecule has 0 bridgehead atoms. The van der Waals surface area contributed by atoms with Crippen molar-refractivity contribution >= 4 is 22.7 Å². The zero-order chi connectivity index (χ0) is 8.27. The molecule has 1 rings (SSSR count). The number of nitrogens with zero attached hydrogens (tertiary/aromatic N) is 1. The first-order valence-corrected chi connectivity index (χ1v) is 4.21. The van der Waals surface area contributed by atoms with E-state index < -0.39 is 0 Å². The van der Waals surface area contributed by atoms with E-state index in [4.69, 9.17) is 0 Å². The third-order valence-corrected chi connectivity index (χ3v) is 2.45. The summed E-state index contributed by atoms with van der Waals surface area (Å²) >= 11 is 1.51. The average molecular weight is 170 g/mol. The molecule has 0 aromatic carbocycles. The number of nitrogens with one attached hydrogen (secondary N) is 1. The van der Waals surface area contributed by atoms with E-state index in [0.29, 0.717) is 12.3 Å². The second-order valence-corrected chi connectivity index (χ2v) is 3.54. The van der Waals surface area contributed by atoms with Crippen LogP contribution in [-0.2, 0) is 4.79 Å². The molecule has 0 radical (unpaired) electrons. The Morgan fingerprint density at radius 3 is 2.91 bits per heavy atom. The molecule has 0 fully saturated rings. The number of carbonyl (C=O) groups is 1. The van der Waals surface area contributed by atoms with Crippen molar-refractivity contribution in [3.8, 4) is 0 Å². The monoisotopic (exact) mass is 170 g/mol. The first-order valence-electron chi connectivity index (χ1n) is 3.40. The predicted molar refractivity (Wildman–Crippen MR) is 45.9 cm³/mol. The Kier molecular flexibility index (Phi) is 2.59. The van der Waals surface area contributed by atoms with E-state index in [1.165, 1.54) is 11.3 Å².